The first kappa shape index (κ1) is 15.6. The Labute approximate surface area is 101 Å². The molecule has 0 fully saturated rings. The van der Waals surface area contributed by atoms with E-state index in [0.29, 0.717) is 5.57 Å². The van der Waals surface area contributed by atoms with Crippen LogP contribution in [0.1, 0.15) is 34.6 Å². The van der Waals surface area contributed by atoms with Crippen LogP contribution in [0.4, 0.5) is 0 Å². The molecule has 0 aliphatic carbocycles. The first-order chi connectivity index (χ1) is 7.03. The van der Waals surface area contributed by atoms with E-state index in [2.05, 4.69) is 54.3 Å². The third kappa shape index (κ3) is 3.87. The van der Waals surface area contributed by atoms with Gasteiger partial charge in [0.2, 0.25) is 0 Å². The van der Waals surface area contributed by atoms with Gasteiger partial charge < -0.3 is 4.43 Å². The Hall–Kier alpha value is -0.413. The van der Waals surface area contributed by atoms with Gasteiger partial charge in [-0.05, 0) is 24.1 Å². The lowest BCUT2D eigenvalue weighted by Gasteiger charge is -2.40. The zero-order valence-electron chi connectivity index (χ0n) is 11.8. The van der Waals surface area contributed by atoms with Crippen molar-refractivity contribution in [2.75, 3.05) is 0 Å². The van der Waals surface area contributed by atoms with Crippen molar-refractivity contribution in [2.45, 2.75) is 58.9 Å². The quantitative estimate of drug-likeness (QED) is 0.416. The van der Waals surface area contributed by atoms with Crippen molar-refractivity contribution >= 4 is 14.6 Å². The number of hydrogen-bond acceptors (Lipinski definition) is 2. The molecule has 16 heavy (non-hydrogen) atoms. The fraction of sp³-hybridized carbons (Fsp3) is 0.769. The molecule has 94 valence electrons. The molecule has 0 rings (SSSR count). The molecule has 2 nitrogen and oxygen atoms in total. The van der Waals surface area contributed by atoms with Gasteiger partial charge in [-0.15, -0.1) is 0 Å². The molecular formula is C13H26O2Si. The molecule has 0 aromatic carbocycles. The zero-order valence-corrected chi connectivity index (χ0v) is 12.8. The number of aldehydes is 1. The smallest absolute Gasteiger partial charge is 0.192 e. The second-order valence-electron chi connectivity index (χ2n) is 6.24. The summed E-state index contributed by atoms with van der Waals surface area (Å²) in [6.07, 6.45) is 0.677. The predicted octanol–water partition coefficient (Wildman–Crippen LogP) is 3.79. The third-order valence-corrected chi connectivity index (χ3v) is 7.81. The van der Waals surface area contributed by atoms with Crippen molar-refractivity contribution in [3.05, 3.63) is 12.2 Å². The first-order valence-corrected chi connectivity index (χ1v) is 8.75. The molecule has 0 aromatic rings. The molecule has 0 aromatic heterocycles. The Morgan fingerprint density at radius 2 is 1.75 bits per heavy atom. The monoisotopic (exact) mass is 242 g/mol. The second kappa shape index (κ2) is 5.28. The highest BCUT2D eigenvalue weighted by molar-refractivity contribution is 6.74. The standard InChI is InChI=1S/C13H26O2Si/c1-10(2)12(11(3)9-14)15-16(7,8)13(4,5)6/h9-10,12H,3H2,1-2,4-8H3. The van der Waals surface area contributed by atoms with Gasteiger partial charge in [-0.3, -0.25) is 4.79 Å². The van der Waals surface area contributed by atoms with Gasteiger partial charge in [0.15, 0.2) is 8.32 Å². The van der Waals surface area contributed by atoms with Gasteiger partial charge in [0, 0.05) is 5.57 Å². The molecular weight excluding hydrogens is 216 g/mol. The predicted molar refractivity (Wildman–Crippen MR) is 72.1 cm³/mol. The van der Waals surface area contributed by atoms with E-state index in [0.717, 1.165) is 6.29 Å². The van der Waals surface area contributed by atoms with Crippen molar-refractivity contribution < 1.29 is 9.22 Å². The zero-order chi connectivity index (χ0) is 13.1. The van der Waals surface area contributed by atoms with Crippen molar-refractivity contribution in [3.8, 4) is 0 Å². The Morgan fingerprint density at radius 3 is 2.00 bits per heavy atom. The largest absolute Gasteiger partial charge is 0.410 e. The van der Waals surface area contributed by atoms with Crippen LogP contribution in [0, 0.1) is 5.92 Å². The van der Waals surface area contributed by atoms with Crippen molar-refractivity contribution in [3.63, 3.8) is 0 Å². The number of carbonyl (C=O) groups excluding carboxylic acids is 1. The molecule has 0 amide bonds. The summed E-state index contributed by atoms with van der Waals surface area (Å²) in [5.41, 5.74) is 0.555. The summed E-state index contributed by atoms with van der Waals surface area (Å²) in [6, 6.07) is 0. The van der Waals surface area contributed by atoms with Crippen LogP contribution in [0.3, 0.4) is 0 Å². The third-order valence-electron chi connectivity index (χ3n) is 3.35. The Kier molecular flexibility index (Phi) is 5.14. The van der Waals surface area contributed by atoms with Gasteiger partial charge in [-0.1, -0.05) is 41.2 Å². The molecule has 0 aliphatic heterocycles. The maximum Gasteiger partial charge on any atom is 0.192 e. The van der Waals surface area contributed by atoms with E-state index in [1.54, 1.807) is 0 Å². The number of hydrogen-bond donors (Lipinski definition) is 0. The lowest BCUT2D eigenvalue weighted by molar-refractivity contribution is -0.105. The summed E-state index contributed by atoms with van der Waals surface area (Å²) >= 11 is 0. The summed E-state index contributed by atoms with van der Waals surface area (Å²) in [4.78, 5) is 10.8. The lowest BCUT2D eigenvalue weighted by Crippen LogP contribution is -2.45. The fourth-order valence-electron chi connectivity index (χ4n) is 1.20. The average Bonchev–Trinajstić information content (AvgIpc) is 2.10. The highest BCUT2D eigenvalue weighted by atomic mass is 28.4. The van der Waals surface area contributed by atoms with E-state index >= 15 is 0 Å². The van der Waals surface area contributed by atoms with Crippen molar-refractivity contribution in [2.24, 2.45) is 5.92 Å². The van der Waals surface area contributed by atoms with Crippen molar-refractivity contribution in [1.82, 2.24) is 0 Å². The maximum atomic E-state index is 10.8. The molecule has 3 heteroatoms. The molecule has 0 saturated heterocycles. The van der Waals surface area contributed by atoms with Crippen LogP contribution in [0.5, 0.6) is 0 Å². The van der Waals surface area contributed by atoms with Crippen LogP contribution >= 0.6 is 0 Å². The molecule has 0 saturated carbocycles. The molecule has 1 atom stereocenters. The minimum atomic E-state index is -1.83. The van der Waals surface area contributed by atoms with Crippen LogP contribution < -0.4 is 0 Å². The summed E-state index contributed by atoms with van der Waals surface area (Å²) < 4.78 is 6.22. The van der Waals surface area contributed by atoms with Gasteiger partial charge >= 0.3 is 0 Å². The lowest BCUT2D eigenvalue weighted by atomic mass is 10.0. The molecule has 1 unspecified atom stereocenters. The summed E-state index contributed by atoms with van der Waals surface area (Å²) in [6.45, 7) is 18.9. The second-order valence-corrected chi connectivity index (χ2v) is 11.0. The van der Waals surface area contributed by atoms with Crippen LogP contribution in [-0.2, 0) is 9.22 Å². The van der Waals surface area contributed by atoms with Crippen LogP contribution in [0.25, 0.3) is 0 Å². The maximum absolute atomic E-state index is 10.8. The first-order valence-electron chi connectivity index (χ1n) is 5.84. The highest BCUT2D eigenvalue weighted by Crippen LogP contribution is 2.38. The van der Waals surface area contributed by atoms with Gasteiger partial charge in [0.25, 0.3) is 0 Å². The fourth-order valence-corrected chi connectivity index (χ4v) is 2.61. The van der Waals surface area contributed by atoms with Gasteiger partial charge in [0.05, 0.1) is 6.10 Å². The molecule has 0 radical (unpaired) electrons. The van der Waals surface area contributed by atoms with E-state index in [1.807, 2.05) is 0 Å². The average molecular weight is 242 g/mol. The Bertz CT molecular complexity index is 262. The minimum Gasteiger partial charge on any atom is -0.410 e. The van der Waals surface area contributed by atoms with E-state index in [9.17, 15) is 4.79 Å². The van der Waals surface area contributed by atoms with Gasteiger partial charge in [-0.25, -0.2) is 0 Å². The summed E-state index contributed by atoms with van der Waals surface area (Å²) in [5.74, 6) is 0.284. The number of rotatable bonds is 5. The molecule has 0 spiro atoms. The molecule has 0 N–H and O–H groups in total. The van der Waals surface area contributed by atoms with E-state index < -0.39 is 8.32 Å². The van der Waals surface area contributed by atoms with Crippen LogP contribution in [0.15, 0.2) is 12.2 Å². The van der Waals surface area contributed by atoms with Crippen LogP contribution in [-0.4, -0.2) is 20.7 Å². The van der Waals surface area contributed by atoms with Gasteiger partial charge in [0.1, 0.15) is 6.29 Å². The molecule has 0 heterocycles. The van der Waals surface area contributed by atoms with Gasteiger partial charge in [-0.2, -0.15) is 0 Å². The molecule has 0 bridgehead atoms. The van der Waals surface area contributed by atoms with E-state index in [4.69, 9.17) is 4.43 Å². The van der Waals surface area contributed by atoms with E-state index in [1.165, 1.54) is 0 Å². The highest BCUT2D eigenvalue weighted by Gasteiger charge is 2.40. The summed E-state index contributed by atoms with van der Waals surface area (Å²) in [5, 5.41) is 0.156. The SMILES string of the molecule is C=C(C=O)C(O[Si](C)(C)C(C)(C)C)C(C)C. The minimum absolute atomic E-state index is 0.140. The van der Waals surface area contributed by atoms with Crippen molar-refractivity contribution in [1.29, 1.82) is 0 Å². The Morgan fingerprint density at radius 1 is 1.31 bits per heavy atom. The summed E-state index contributed by atoms with van der Waals surface area (Å²) in [7, 11) is -1.83. The van der Waals surface area contributed by atoms with Crippen LogP contribution in [0.2, 0.25) is 18.1 Å². The molecule has 0 aliphatic rings. The topological polar surface area (TPSA) is 26.3 Å². The Balaban J connectivity index is 4.90. The normalized spacial score (nSPS) is 15.0. The van der Waals surface area contributed by atoms with E-state index in [-0.39, 0.29) is 17.1 Å². The number of carbonyl (C=O) groups is 1.